The summed E-state index contributed by atoms with van der Waals surface area (Å²) in [6.45, 7) is 4.01. The van der Waals surface area contributed by atoms with E-state index < -0.39 is 6.04 Å². The van der Waals surface area contributed by atoms with E-state index in [9.17, 15) is 9.59 Å². The van der Waals surface area contributed by atoms with Crippen LogP contribution < -0.4 is 16.4 Å². The number of rotatable bonds is 7. The van der Waals surface area contributed by atoms with E-state index in [1.165, 1.54) is 7.11 Å². The summed E-state index contributed by atoms with van der Waals surface area (Å²) in [5, 5.41) is 5.42. The van der Waals surface area contributed by atoms with E-state index in [0.29, 0.717) is 23.7 Å². The lowest BCUT2D eigenvalue weighted by Crippen LogP contribution is -2.36. The van der Waals surface area contributed by atoms with E-state index in [0.717, 1.165) is 0 Å². The first-order valence-electron chi connectivity index (χ1n) is 6.87. The van der Waals surface area contributed by atoms with Crippen LogP contribution in [0, 0.1) is 5.92 Å². The topological polar surface area (TPSA) is 93.5 Å². The molecule has 0 fully saturated rings. The van der Waals surface area contributed by atoms with Gasteiger partial charge < -0.3 is 21.1 Å². The number of amides is 2. The Morgan fingerprint density at radius 2 is 1.86 bits per heavy atom. The molecule has 6 nitrogen and oxygen atoms in total. The summed E-state index contributed by atoms with van der Waals surface area (Å²) in [6.07, 6.45) is 0.621. The molecule has 0 bridgehead atoms. The lowest BCUT2D eigenvalue weighted by molar-refractivity contribution is -0.119. The Balaban J connectivity index is 2.63. The Bertz CT molecular complexity index is 489. The molecule has 1 atom stereocenters. The summed E-state index contributed by atoms with van der Waals surface area (Å²) in [5.41, 5.74) is 7.01. The third-order valence-corrected chi connectivity index (χ3v) is 2.75. The molecule has 6 heteroatoms. The Morgan fingerprint density at radius 1 is 1.24 bits per heavy atom. The first kappa shape index (κ1) is 17.1. The number of hydrogen-bond donors (Lipinski definition) is 3. The standard InChI is InChI=1S/C15H23N3O3/c1-10(2)7-13(16)15(20)18-12-6-4-5-11(8-12)17-14(19)9-21-3/h4-6,8,10,13H,7,9,16H2,1-3H3,(H,17,19)(H,18,20). The number of anilines is 2. The fourth-order valence-corrected chi connectivity index (χ4v) is 1.85. The molecular weight excluding hydrogens is 270 g/mol. The highest BCUT2D eigenvalue weighted by atomic mass is 16.5. The van der Waals surface area contributed by atoms with E-state index in [1.807, 2.05) is 13.8 Å². The Kier molecular flexibility index (Phi) is 6.84. The molecule has 0 aliphatic heterocycles. The zero-order valence-electron chi connectivity index (χ0n) is 12.7. The minimum Gasteiger partial charge on any atom is -0.375 e. The molecule has 0 aliphatic carbocycles. The quantitative estimate of drug-likeness (QED) is 0.711. The number of carbonyl (C=O) groups is 2. The number of nitrogens with one attached hydrogen (secondary N) is 2. The van der Waals surface area contributed by atoms with Gasteiger partial charge >= 0.3 is 0 Å². The van der Waals surface area contributed by atoms with Crippen molar-refractivity contribution in [3.8, 4) is 0 Å². The van der Waals surface area contributed by atoms with Crippen LogP contribution in [-0.4, -0.2) is 31.6 Å². The first-order chi connectivity index (χ1) is 9.92. The third-order valence-electron chi connectivity index (χ3n) is 2.75. The van der Waals surface area contributed by atoms with Gasteiger partial charge in [-0.2, -0.15) is 0 Å². The maximum atomic E-state index is 11.9. The molecule has 116 valence electrons. The SMILES string of the molecule is COCC(=O)Nc1cccc(NC(=O)C(N)CC(C)C)c1. The van der Waals surface area contributed by atoms with Crippen LogP contribution in [0.25, 0.3) is 0 Å². The molecule has 1 unspecified atom stereocenters. The van der Waals surface area contributed by atoms with Gasteiger partial charge in [0.15, 0.2) is 0 Å². The van der Waals surface area contributed by atoms with Crippen molar-refractivity contribution in [2.75, 3.05) is 24.4 Å². The van der Waals surface area contributed by atoms with Gasteiger partial charge in [0.2, 0.25) is 11.8 Å². The Hall–Kier alpha value is -1.92. The van der Waals surface area contributed by atoms with Crippen LogP contribution in [0.4, 0.5) is 11.4 Å². The van der Waals surface area contributed by atoms with E-state index in [-0.39, 0.29) is 18.4 Å². The normalized spacial score (nSPS) is 12.0. The van der Waals surface area contributed by atoms with Crippen LogP contribution in [0.1, 0.15) is 20.3 Å². The van der Waals surface area contributed by atoms with Gasteiger partial charge in [0.05, 0.1) is 6.04 Å². The molecule has 0 radical (unpaired) electrons. The average molecular weight is 293 g/mol. The van der Waals surface area contributed by atoms with Crippen molar-refractivity contribution in [1.29, 1.82) is 0 Å². The lowest BCUT2D eigenvalue weighted by Gasteiger charge is -2.14. The molecule has 21 heavy (non-hydrogen) atoms. The second-order valence-electron chi connectivity index (χ2n) is 5.29. The zero-order chi connectivity index (χ0) is 15.8. The maximum Gasteiger partial charge on any atom is 0.250 e. The Morgan fingerprint density at radius 3 is 2.43 bits per heavy atom. The van der Waals surface area contributed by atoms with Crippen LogP contribution >= 0.6 is 0 Å². The first-order valence-corrected chi connectivity index (χ1v) is 6.87. The van der Waals surface area contributed by atoms with Gasteiger partial charge in [0.25, 0.3) is 0 Å². The van der Waals surface area contributed by atoms with E-state index in [4.69, 9.17) is 10.5 Å². The number of hydrogen-bond acceptors (Lipinski definition) is 4. The van der Waals surface area contributed by atoms with Crippen LogP contribution in [0.3, 0.4) is 0 Å². The number of carbonyl (C=O) groups excluding carboxylic acids is 2. The largest absolute Gasteiger partial charge is 0.375 e. The van der Waals surface area contributed by atoms with Crippen molar-refractivity contribution in [2.24, 2.45) is 11.7 Å². The number of methoxy groups -OCH3 is 1. The van der Waals surface area contributed by atoms with Gasteiger partial charge in [0.1, 0.15) is 6.61 Å². The van der Waals surface area contributed by atoms with Gasteiger partial charge in [-0.05, 0) is 30.5 Å². The van der Waals surface area contributed by atoms with Gasteiger partial charge in [-0.3, -0.25) is 9.59 Å². The summed E-state index contributed by atoms with van der Waals surface area (Å²) < 4.78 is 4.74. The summed E-state index contributed by atoms with van der Waals surface area (Å²) in [5.74, 6) is -0.132. The smallest absolute Gasteiger partial charge is 0.250 e. The molecule has 0 saturated carbocycles. The molecule has 2 amide bonds. The van der Waals surface area contributed by atoms with E-state index in [2.05, 4.69) is 10.6 Å². The van der Waals surface area contributed by atoms with Gasteiger partial charge in [-0.1, -0.05) is 19.9 Å². The van der Waals surface area contributed by atoms with Crippen molar-refractivity contribution in [3.05, 3.63) is 24.3 Å². The van der Waals surface area contributed by atoms with Crippen molar-refractivity contribution < 1.29 is 14.3 Å². The minimum absolute atomic E-state index is 0.0180. The fraction of sp³-hybridized carbons (Fsp3) is 0.467. The van der Waals surface area contributed by atoms with Crippen molar-refractivity contribution in [3.63, 3.8) is 0 Å². The molecular formula is C15H23N3O3. The van der Waals surface area contributed by atoms with Crippen molar-refractivity contribution in [1.82, 2.24) is 0 Å². The molecule has 0 aromatic heterocycles. The molecule has 0 aliphatic rings. The fourth-order valence-electron chi connectivity index (χ4n) is 1.85. The summed E-state index contributed by atoms with van der Waals surface area (Å²) >= 11 is 0. The van der Waals surface area contributed by atoms with Crippen LogP contribution in [0.5, 0.6) is 0 Å². The summed E-state index contributed by atoms with van der Waals surface area (Å²) in [7, 11) is 1.45. The highest BCUT2D eigenvalue weighted by Gasteiger charge is 2.15. The maximum absolute atomic E-state index is 11.9. The van der Waals surface area contributed by atoms with Gasteiger partial charge in [0, 0.05) is 18.5 Å². The van der Waals surface area contributed by atoms with Gasteiger partial charge in [-0.15, -0.1) is 0 Å². The number of nitrogens with two attached hydrogens (primary N) is 1. The minimum atomic E-state index is -0.545. The average Bonchev–Trinajstić information content (AvgIpc) is 2.38. The predicted octanol–water partition coefficient (Wildman–Crippen LogP) is 1.58. The lowest BCUT2D eigenvalue weighted by atomic mass is 10.0. The summed E-state index contributed by atoms with van der Waals surface area (Å²) in [4.78, 5) is 23.4. The second-order valence-corrected chi connectivity index (χ2v) is 5.29. The molecule has 0 spiro atoms. The van der Waals surface area contributed by atoms with Crippen LogP contribution in [0.2, 0.25) is 0 Å². The number of ether oxygens (including phenoxy) is 1. The van der Waals surface area contributed by atoms with Crippen molar-refractivity contribution in [2.45, 2.75) is 26.3 Å². The molecule has 0 saturated heterocycles. The second kappa shape index (κ2) is 8.39. The Labute approximate surface area is 125 Å². The van der Waals surface area contributed by atoms with Crippen molar-refractivity contribution >= 4 is 23.2 Å². The molecule has 0 heterocycles. The van der Waals surface area contributed by atoms with E-state index in [1.54, 1.807) is 24.3 Å². The monoisotopic (exact) mass is 293 g/mol. The van der Waals surface area contributed by atoms with Crippen LogP contribution in [-0.2, 0) is 14.3 Å². The molecule has 1 aromatic rings. The molecule has 1 aromatic carbocycles. The van der Waals surface area contributed by atoms with E-state index >= 15 is 0 Å². The molecule has 4 N–H and O–H groups in total. The zero-order valence-corrected chi connectivity index (χ0v) is 12.7. The third kappa shape index (κ3) is 6.37. The highest BCUT2D eigenvalue weighted by Crippen LogP contribution is 2.16. The highest BCUT2D eigenvalue weighted by molar-refractivity contribution is 5.96. The van der Waals surface area contributed by atoms with Crippen LogP contribution in [0.15, 0.2) is 24.3 Å². The van der Waals surface area contributed by atoms with Gasteiger partial charge in [-0.25, -0.2) is 0 Å². The molecule has 1 rings (SSSR count). The summed E-state index contributed by atoms with van der Waals surface area (Å²) in [6, 6.07) is 6.35. The number of benzene rings is 1. The predicted molar refractivity (Wildman–Crippen MR) is 83.0 cm³/mol.